The van der Waals surface area contributed by atoms with Crippen LogP contribution in [0.15, 0.2) is 59.7 Å². The summed E-state index contributed by atoms with van der Waals surface area (Å²) in [6.07, 6.45) is 4.21. The van der Waals surface area contributed by atoms with Gasteiger partial charge in [-0.05, 0) is 62.1 Å². The number of hydrazone groups is 1. The minimum atomic E-state index is -0.240. The molecule has 2 aromatic rings. The lowest BCUT2D eigenvalue weighted by molar-refractivity contribution is 0.0954. The third kappa shape index (κ3) is 4.07. The highest BCUT2D eigenvalue weighted by atomic mass is 16.2. The lowest BCUT2D eigenvalue weighted by Gasteiger charge is -2.06. The predicted octanol–water partition coefficient (Wildman–Crippen LogP) is 3.60. The second-order valence-corrected chi connectivity index (χ2v) is 5.72. The van der Waals surface area contributed by atoms with Gasteiger partial charge in [-0.3, -0.25) is 9.59 Å². The van der Waals surface area contributed by atoms with Crippen LogP contribution in [0.4, 0.5) is 5.69 Å². The molecule has 1 fully saturated rings. The summed E-state index contributed by atoms with van der Waals surface area (Å²) in [4.78, 5) is 24.1. The van der Waals surface area contributed by atoms with E-state index in [0.29, 0.717) is 16.8 Å². The first-order chi connectivity index (χ1) is 11.7. The van der Waals surface area contributed by atoms with Gasteiger partial charge in [-0.1, -0.05) is 18.2 Å². The first kappa shape index (κ1) is 15.9. The van der Waals surface area contributed by atoms with Crippen LogP contribution in [0, 0.1) is 0 Å². The van der Waals surface area contributed by atoms with Gasteiger partial charge in [-0.2, -0.15) is 5.10 Å². The minimum Gasteiger partial charge on any atom is -0.322 e. The Kier molecular flexibility index (Phi) is 5.01. The van der Waals surface area contributed by atoms with Crippen LogP contribution in [0.2, 0.25) is 0 Å². The van der Waals surface area contributed by atoms with E-state index in [9.17, 15) is 9.59 Å². The number of rotatable bonds is 4. The molecule has 0 aliphatic heterocycles. The van der Waals surface area contributed by atoms with E-state index in [4.69, 9.17) is 0 Å². The summed E-state index contributed by atoms with van der Waals surface area (Å²) in [5.74, 6) is -0.421. The molecule has 0 aromatic heterocycles. The van der Waals surface area contributed by atoms with Crippen molar-refractivity contribution in [3.05, 3.63) is 65.7 Å². The zero-order chi connectivity index (χ0) is 16.8. The number of anilines is 1. The normalized spacial score (nSPS) is 13.4. The van der Waals surface area contributed by atoms with Crippen molar-refractivity contribution in [3.8, 4) is 0 Å². The van der Waals surface area contributed by atoms with Crippen molar-refractivity contribution in [2.75, 3.05) is 5.32 Å². The van der Waals surface area contributed by atoms with Crippen molar-refractivity contribution in [2.45, 2.75) is 25.7 Å². The van der Waals surface area contributed by atoms with Gasteiger partial charge in [0.15, 0.2) is 0 Å². The lowest BCUT2D eigenvalue weighted by atomic mass is 10.1. The van der Waals surface area contributed by atoms with E-state index in [1.54, 1.807) is 36.4 Å². The Morgan fingerprint density at radius 3 is 2.08 bits per heavy atom. The van der Waals surface area contributed by atoms with E-state index in [2.05, 4.69) is 15.8 Å². The number of carbonyl (C=O) groups excluding carboxylic acids is 2. The molecule has 24 heavy (non-hydrogen) atoms. The van der Waals surface area contributed by atoms with Crippen molar-refractivity contribution in [2.24, 2.45) is 5.10 Å². The largest absolute Gasteiger partial charge is 0.322 e. The van der Waals surface area contributed by atoms with Crippen LogP contribution in [0.5, 0.6) is 0 Å². The molecule has 0 bridgehead atoms. The summed E-state index contributed by atoms with van der Waals surface area (Å²) in [7, 11) is 0. The lowest BCUT2D eigenvalue weighted by Crippen LogP contribution is -2.19. The molecule has 5 nitrogen and oxygen atoms in total. The summed E-state index contributed by atoms with van der Waals surface area (Å²) in [5, 5.41) is 6.96. The fraction of sp³-hybridized carbons (Fsp3) is 0.211. The molecule has 0 saturated heterocycles. The summed E-state index contributed by atoms with van der Waals surface area (Å²) in [5.41, 5.74) is 5.38. The molecule has 2 N–H and O–H groups in total. The van der Waals surface area contributed by atoms with E-state index in [-0.39, 0.29) is 11.8 Å². The molecule has 1 saturated carbocycles. The Bertz CT molecular complexity index is 744. The average Bonchev–Trinajstić information content (AvgIpc) is 3.14. The highest BCUT2D eigenvalue weighted by Crippen LogP contribution is 2.14. The minimum absolute atomic E-state index is 0.180. The molecule has 0 radical (unpaired) electrons. The number of nitrogens with one attached hydrogen (secondary N) is 2. The number of nitrogens with zero attached hydrogens (tertiary/aromatic N) is 1. The maximum absolute atomic E-state index is 12.1. The first-order valence-corrected chi connectivity index (χ1v) is 8.04. The molecule has 0 atom stereocenters. The van der Waals surface area contributed by atoms with Crippen LogP contribution in [-0.4, -0.2) is 17.5 Å². The van der Waals surface area contributed by atoms with Gasteiger partial charge in [0.2, 0.25) is 0 Å². The smallest absolute Gasteiger partial charge is 0.271 e. The van der Waals surface area contributed by atoms with Gasteiger partial charge in [0, 0.05) is 22.5 Å². The summed E-state index contributed by atoms with van der Waals surface area (Å²) < 4.78 is 0. The number of benzene rings is 2. The van der Waals surface area contributed by atoms with E-state index in [0.717, 1.165) is 31.4 Å². The standard InChI is InChI=1S/C19H19N3O2/c23-18(14-6-2-1-3-7-14)20-16-12-10-15(11-13-16)19(24)22-21-17-8-4-5-9-17/h1-3,6-7,10-13H,4-5,8-9H2,(H,20,23)(H,22,24). The number of hydrogen-bond acceptors (Lipinski definition) is 3. The number of hydrogen-bond donors (Lipinski definition) is 2. The Hall–Kier alpha value is -2.95. The van der Waals surface area contributed by atoms with Crippen LogP contribution < -0.4 is 10.7 Å². The maximum Gasteiger partial charge on any atom is 0.271 e. The zero-order valence-electron chi connectivity index (χ0n) is 13.3. The van der Waals surface area contributed by atoms with Crippen molar-refractivity contribution in [3.63, 3.8) is 0 Å². The van der Waals surface area contributed by atoms with Gasteiger partial charge in [-0.25, -0.2) is 5.43 Å². The van der Waals surface area contributed by atoms with Crippen LogP contribution in [-0.2, 0) is 0 Å². The Morgan fingerprint density at radius 2 is 1.42 bits per heavy atom. The predicted molar refractivity (Wildman–Crippen MR) is 94.2 cm³/mol. The molecule has 5 heteroatoms. The summed E-state index contributed by atoms with van der Waals surface area (Å²) in [6, 6.07) is 15.7. The van der Waals surface area contributed by atoms with E-state index in [1.165, 1.54) is 0 Å². The van der Waals surface area contributed by atoms with Gasteiger partial charge < -0.3 is 5.32 Å². The second-order valence-electron chi connectivity index (χ2n) is 5.72. The third-order valence-corrected chi connectivity index (χ3v) is 3.94. The van der Waals surface area contributed by atoms with Crippen molar-refractivity contribution < 1.29 is 9.59 Å². The van der Waals surface area contributed by atoms with Gasteiger partial charge in [-0.15, -0.1) is 0 Å². The highest BCUT2D eigenvalue weighted by Gasteiger charge is 2.10. The molecule has 0 spiro atoms. The zero-order valence-corrected chi connectivity index (χ0v) is 13.3. The fourth-order valence-corrected chi connectivity index (χ4v) is 2.59. The number of carbonyl (C=O) groups is 2. The van der Waals surface area contributed by atoms with Crippen LogP contribution >= 0.6 is 0 Å². The van der Waals surface area contributed by atoms with Gasteiger partial charge in [0.1, 0.15) is 0 Å². The Balaban J connectivity index is 1.59. The van der Waals surface area contributed by atoms with E-state index < -0.39 is 0 Å². The van der Waals surface area contributed by atoms with E-state index in [1.807, 2.05) is 18.2 Å². The van der Waals surface area contributed by atoms with Gasteiger partial charge in [0.05, 0.1) is 0 Å². The van der Waals surface area contributed by atoms with E-state index >= 15 is 0 Å². The monoisotopic (exact) mass is 321 g/mol. The molecular formula is C19H19N3O2. The molecule has 2 aromatic carbocycles. The number of amides is 2. The Labute approximate surface area is 140 Å². The Morgan fingerprint density at radius 1 is 0.792 bits per heavy atom. The summed E-state index contributed by atoms with van der Waals surface area (Å²) >= 11 is 0. The van der Waals surface area contributed by atoms with Crippen LogP contribution in [0.3, 0.4) is 0 Å². The maximum atomic E-state index is 12.1. The molecule has 2 amide bonds. The third-order valence-electron chi connectivity index (χ3n) is 3.94. The molecular weight excluding hydrogens is 302 g/mol. The quantitative estimate of drug-likeness (QED) is 0.845. The highest BCUT2D eigenvalue weighted by molar-refractivity contribution is 6.04. The average molecular weight is 321 g/mol. The van der Waals surface area contributed by atoms with Gasteiger partial charge in [0.25, 0.3) is 11.8 Å². The summed E-state index contributed by atoms with van der Waals surface area (Å²) in [6.45, 7) is 0. The molecule has 1 aliphatic rings. The molecule has 0 unspecified atom stereocenters. The van der Waals surface area contributed by atoms with Crippen molar-refractivity contribution in [1.29, 1.82) is 0 Å². The van der Waals surface area contributed by atoms with Crippen LogP contribution in [0.25, 0.3) is 0 Å². The van der Waals surface area contributed by atoms with Crippen LogP contribution in [0.1, 0.15) is 46.4 Å². The SMILES string of the molecule is O=C(NN=C1CCCC1)c1ccc(NC(=O)c2ccccc2)cc1. The fourth-order valence-electron chi connectivity index (χ4n) is 2.59. The van der Waals surface area contributed by atoms with Gasteiger partial charge >= 0.3 is 0 Å². The molecule has 1 aliphatic carbocycles. The van der Waals surface area contributed by atoms with Crippen molar-refractivity contribution >= 4 is 23.2 Å². The molecule has 0 heterocycles. The second kappa shape index (κ2) is 7.55. The molecule has 122 valence electrons. The topological polar surface area (TPSA) is 70.6 Å². The first-order valence-electron chi connectivity index (χ1n) is 8.04. The van der Waals surface area contributed by atoms with Crippen molar-refractivity contribution in [1.82, 2.24) is 5.43 Å². The molecule has 3 rings (SSSR count).